The highest BCUT2D eigenvalue weighted by atomic mass is 32.2. The van der Waals surface area contributed by atoms with Crippen molar-refractivity contribution in [2.24, 2.45) is 0 Å². The number of nitrogens with one attached hydrogen (secondary N) is 1. The highest BCUT2D eigenvalue weighted by molar-refractivity contribution is 7.92. The van der Waals surface area contributed by atoms with Crippen molar-refractivity contribution in [3.05, 3.63) is 89.5 Å². The lowest BCUT2D eigenvalue weighted by molar-refractivity contribution is 0.100. The quantitative estimate of drug-likeness (QED) is 0.474. The molecule has 7 heteroatoms. The van der Waals surface area contributed by atoms with Gasteiger partial charge in [0, 0.05) is 5.56 Å². The number of hydrogen-bond acceptors (Lipinski definition) is 4. The van der Waals surface area contributed by atoms with Crippen LogP contribution < -0.4 is 4.31 Å². The normalized spacial score (nSPS) is 11.5. The SMILES string of the molecule is Cc1ccc(C(=O)CN(c2nc3ccccc3[nH]2)S(=O)(=O)c2ccc(C)cc2)cc1. The van der Waals surface area contributed by atoms with E-state index in [1.54, 1.807) is 30.3 Å². The van der Waals surface area contributed by atoms with Crippen molar-refractivity contribution >= 4 is 32.8 Å². The Hall–Kier alpha value is -3.45. The van der Waals surface area contributed by atoms with Crippen molar-refractivity contribution in [2.45, 2.75) is 18.7 Å². The minimum absolute atomic E-state index is 0.102. The zero-order valence-corrected chi connectivity index (χ0v) is 17.5. The molecule has 0 unspecified atom stereocenters. The van der Waals surface area contributed by atoms with Gasteiger partial charge >= 0.3 is 0 Å². The number of aromatic amines is 1. The molecule has 6 nitrogen and oxygen atoms in total. The lowest BCUT2D eigenvalue weighted by Crippen LogP contribution is -2.36. The van der Waals surface area contributed by atoms with Gasteiger partial charge in [-0.3, -0.25) is 4.79 Å². The molecule has 0 saturated carbocycles. The Kier molecular flexibility index (Phi) is 5.13. The molecule has 0 fully saturated rings. The molecule has 0 atom stereocenters. The van der Waals surface area contributed by atoms with E-state index in [4.69, 9.17) is 0 Å². The van der Waals surface area contributed by atoms with E-state index in [0.29, 0.717) is 16.6 Å². The van der Waals surface area contributed by atoms with Crippen molar-refractivity contribution < 1.29 is 13.2 Å². The Morgan fingerprint density at radius 1 is 0.900 bits per heavy atom. The van der Waals surface area contributed by atoms with Gasteiger partial charge in [-0.05, 0) is 38.1 Å². The van der Waals surface area contributed by atoms with Crippen LogP contribution in [0.15, 0.2) is 77.7 Å². The molecule has 30 heavy (non-hydrogen) atoms. The summed E-state index contributed by atoms with van der Waals surface area (Å²) in [5.41, 5.74) is 3.73. The minimum Gasteiger partial charge on any atom is -0.323 e. The third-order valence-electron chi connectivity index (χ3n) is 4.88. The van der Waals surface area contributed by atoms with E-state index in [1.807, 2.05) is 44.2 Å². The van der Waals surface area contributed by atoms with E-state index in [-0.39, 0.29) is 23.2 Å². The molecule has 0 bridgehead atoms. The van der Waals surface area contributed by atoms with Crippen LogP contribution in [0.4, 0.5) is 5.95 Å². The number of imidazole rings is 1. The number of aryl methyl sites for hydroxylation is 2. The first-order chi connectivity index (χ1) is 14.3. The molecule has 0 saturated heterocycles. The molecule has 152 valence electrons. The summed E-state index contributed by atoms with van der Waals surface area (Å²) in [5.74, 6) is -0.205. The number of rotatable bonds is 6. The Bertz CT molecular complexity index is 1280. The maximum atomic E-state index is 13.5. The molecule has 0 radical (unpaired) electrons. The fraction of sp³-hybridized carbons (Fsp3) is 0.130. The molecule has 0 spiro atoms. The first-order valence-corrected chi connectivity index (χ1v) is 10.9. The third-order valence-corrected chi connectivity index (χ3v) is 6.63. The highest BCUT2D eigenvalue weighted by Crippen LogP contribution is 2.25. The molecular formula is C23H21N3O3S. The maximum Gasteiger partial charge on any atom is 0.267 e. The Balaban J connectivity index is 1.78. The van der Waals surface area contributed by atoms with E-state index in [9.17, 15) is 13.2 Å². The molecule has 0 aliphatic rings. The van der Waals surface area contributed by atoms with E-state index in [0.717, 1.165) is 15.4 Å². The van der Waals surface area contributed by atoms with Crippen molar-refractivity contribution in [1.29, 1.82) is 0 Å². The molecule has 4 aromatic rings. The summed E-state index contributed by atoms with van der Waals surface area (Å²) in [5, 5.41) is 0. The number of sulfonamides is 1. The number of hydrogen-bond donors (Lipinski definition) is 1. The second-order valence-corrected chi connectivity index (χ2v) is 9.05. The fourth-order valence-electron chi connectivity index (χ4n) is 3.13. The van der Waals surface area contributed by atoms with Crippen molar-refractivity contribution in [3.8, 4) is 0 Å². The number of anilines is 1. The van der Waals surface area contributed by atoms with Crippen LogP contribution in [0.25, 0.3) is 11.0 Å². The van der Waals surface area contributed by atoms with Crippen LogP contribution in [-0.2, 0) is 10.0 Å². The van der Waals surface area contributed by atoms with Gasteiger partial charge in [0.2, 0.25) is 5.95 Å². The summed E-state index contributed by atoms with van der Waals surface area (Å²) in [6.45, 7) is 3.45. The maximum absolute atomic E-state index is 13.5. The average molecular weight is 420 g/mol. The Morgan fingerprint density at radius 3 is 2.13 bits per heavy atom. The van der Waals surface area contributed by atoms with Crippen LogP contribution in [0.3, 0.4) is 0 Å². The minimum atomic E-state index is -4.01. The number of ketones is 1. The molecule has 3 aromatic carbocycles. The number of carbonyl (C=O) groups is 1. The summed E-state index contributed by atoms with van der Waals surface area (Å²) in [4.78, 5) is 20.5. The van der Waals surface area contributed by atoms with Gasteiger partial charge in [-0.15, -0.1) is 0 Å². The van der Waals surface area contributed by atoms with E-state index >= 15 is 0 Å². The summed E-state index contributed by atoms with van der Waals surface area (Å²) in [6, 6.07) is 20.8. The number of carbonyl (C=O) groups excluding carboxylic acids is 1. The predicted molar refractivity (Wildman–Crippen MR) is 117 cm³/mol. The lowest BCUT2D eigenvalue weighted by Gasteiger charge is -2.21. The van der Waals surface area contributed by atoms with Crippen molar-refractivity contribution in [1.82, 2.24) is 9.97 Å². The van der Waals surface area contributed by atoms with Crippen LogP contribution >= 0.6 is 0 Å². The standard InChI is InChI=1S/C23H21N3O3S/c1-16-7-11-18(12-8-16)22(27)15-26(23-24-20-5-3-4-6-21(20)25-23)30(28,29)19-13-9-17(2)10-14-19/h3-14H,15H2,1-2H3,(H,24,25). The summed E-state index contributed by atoms with van der Waals surface area (Å²) in [7, 11) is -4.01. The topological polar surface area (TPSA) is 83.1 Å². The largest absolute Gasteiger partial charge is 0.323 e. The number of Topliss-reactive ketones (excluding diaryl/α,β-unsaturated/α-hetero) is 1. The van der Waals surface area contributed by atoms with Crippen LogP contribution in [0, 0.1) is 13.8 Å². The molecule has 1 N–H and O–H groups in total. The highest BCUT2D eigenvalue weighted by Gasteiger charge is 2.30. The molecule has 0 aliphatic carbocycles. The fourth-order valence-corrected chi connectivity index (χ4v) is 4.47. The summed E-state index contributed by atoms with van der Waals surface area (Å²) in [6.07, 6.45) is 0. The van der Waals surface area contributed by atoms with Gasteiger partial charge in [-0.25, -0.2) is 17.7 Å². The Labute approximate surface area is 175 Å². The molecule has 1 heterocycles. The average Bonchev–Trinajstić information content (AvgIpc) is 3.16. The lowest BCUT2D eigenvalue weighted by atomic mass is 10.1. The third kappa shape index (κ3) is 3.84. The monoisotopic (exact) mass is 419 g/mol. The number of H-pyrrole nitrogens is 1. The molecule has 4 rings (SSSR count). The summed E-state index contributed by atoms with van der Waals surface area (Å²) < 4.78 is 28.0. The van der Waals surface area contributed by atoms with Crippen molar-refractivity contribution in [2.75, 3.05) is 10.8 Å². The van der Waals surface area contributed by atoms with E-state index < -0.39 is 10.0 Å². The number of fused-ring (bicyclic) bond motifs is 1. The number of aromatic nitrogens is 2. The van der Waals surface area contributed by atoms with Gasteiger partial charge in [0.15, 0.2) is 5.78 Å². The number of nitrogens with zero attached hydrogens (tertiary/aromatic N) is 2. The second-order valence-electron chi connectivity index (χ2n) is 7.19. The van der Waals surface area contributed by atoms with Gasteiger partial charge < -0.3 is 4.98 Å². The molecule has 0 amide bonds. The number of benzene rings is 3. The van der Waals surface area contributed by atoms with E-state index in [2.05, 4.69) is 9.97 Å². The zero-order chi connectivity index (χ0) is 21.3. The first kappa shape index (κ1) is 19.8. The van der Waals surface area contributed by atoms with Gasteiger partial charge in [-0.1, -0.05) is 59.7 Å². The van der Waals surface area contributed by atoms with E-state index in [1.165, 1.54) is 12.1 Å². The smallest absolute Gasteiger partial charge is 0.267 e. The van der Waals surface area contributed by atoms with Crippen LogP contribution in [0.5, 0.6) is 0 Å². The first-order valence-electron chi connectivity index (χ1n) is 9.48. The van der Waals surface area contributed by atoms with Crippen molar-refractivity contribution in [3.63, 3.8) is 0 Å². The van der Waals surface area contributed by atoms with Gasteiger partial charge in [0.25, 0.3) is 10.0 Å². The summed E-state index contributed by atoms with van der Waals surface area (Å²) >= 11 is 0. The molecular weight excluding hydrogens is 398 g/mol. The zero-order valence-electron chi connectivity index (χ0n) is 16.7. The predicted octanol–water partition coefficient (Wildman–Crippen LogP) is 4.26. The second kappa shape index (κ2) is 7.76. The molecule has 1 aromatic heterocycles. The van der Waals surface area contributed by atoms with Gasteiger partial charge in [-0.2, -0.15) is 0 Å². The van der Waals surface area contributed by atoms with Crippen LogP contribution in [0.2, 0.25) is 0 Å². The molecule has 0 aliphatic heterocycles. The Morgan fingerprint density at radius 2 is 1.50 bits per heavy atom. The van der Waals surface area contributed by atoms with Gasteiger partial charge in [0.05, 0.1) is 15.9 Å². The number of para-hydroxylation sites is 2. The van der Waals surface area contributed by atoms with Crippen LogP contribution in [0.1, 0.15) is 21.5 Å². The van der Waals surface area contributed by atoms with Crippen LogP contribution in [-0.4, -0.2) is 30.7 Å². The van der Waals surface area contributed by atoms with Gasteiger partial charge in [0.1, 0.15) is 6.54 Å².